The van der Waals surface area contributed by atoms with Gasteiger partial charge in [-0.25, -0.2) is 9.07 Å². The molecule has 100 valence electrons. The Labute approximate surface area is 122 Å². The number of aromatic nitrogens is 2. The largest absolute Gasteiger partial charge is 0.448 e. The first-order valence-electron chi connectivity index (χ1n) is 5.74. The second-order valence-corrected chi connectivity index (χ2v) is 4.83. The Kier molecular flexibility index (Phi) is 3.23. The van der Waals surface area contributed by atoms with Crippen LogP contribution in [0.15, 0.2) is 51.7 Å². The van der Waals surface area contributed by atoms with Gasteiger partial charge >= 0.3 is 0 Å². The number of nitrogens with zero attached hydrogens (tertiary/aromatic N) is 2. The number of carbonyl (C=O) groups excluding carboxylic acids is 1. The summed E-state index contributed by atoms with van der Waals surface area (Å²) in [6.07, 6.45) is 2.13. The molecule has 0 N–H and O–H groups in total. The van der Waals surface area contributed by atoms with E-state index in [4.69, 9.17) is 4.42 Å². The van der Waals surface area contributed by atoms with Crippen molar-refractivity contribution < 1.29 is 13.6 Å². The molecule has 3 aromatic rings. The van der Waals surface area contributed by atoms with Gasteiger partial charge in [-0.2, -0.15) is 5.10 Å². The highest BCUT2D eigenvalue weighted by Crippen LogP contribution is 2.27. The van der Waals surface area contributed by atoms with E-state index in [1.807, 2.05) is 0 Å². The van der Waals surface area contributed by atoms with Gasteiger partial charge in [-0.15, -0.1) is 0 Å². The molecule has 0 aliphatic heterocycles. The second-order valence-electron chi connectivity index (χ2n) is 4.05. The number of hydrogen-bond donors (Lipinski definition) is 0. The van der Waals surface area contributed by atoms with E-state index in [2.05, 4.69) is 21.0 Å². The third-order valence-corrected chi connectivity index (χ3v) is 3.20. The Morgan fingerprint density at radius 2 is 2.05 bits per heavy atom. The van der Waals surface area contributed by atoms with Crippen molar-refractivity contribution in [2.24, 2.45) is 0 Å². The minimum Gasteiger partial charge on any atom is -0.448 e. The molecule has 3 rings (SSSR count). The highest BCUT2D eigenvalue weighted by atomic mass is 79.9. The molecule has 0 spiro atoms. The Hall–Kier alpha value is -2.21. The average molecular weight is 335 g/mol. The molecule has 0 fully saturated rings. The molecule has 0 bridgehead atoms. The molecule has 0 saturated heterocycles. The highest BCUT2D eigenvalue weighted by molar-refractivity contribution is 9.10. The molecule has 0 radical (unpaired) electrons. The molecule has 4 nitrogen and oxygen atoms in total. The van der Waals surface area contributed by atoms with Gasteiger partial charge in [-0.1, -0.05) is 12.1 Å². The summed E-state index contributed by atoms with van der Waals surface area (Å²) >= 11 is 3.19. The number of halogens is 2. The Morgan fingerprint density at radius 3 is 2.70 bits per heavy atom. The van der Waals surface area contributed by atoms with E-state index >= 15 is 0 Å². The van der Waals surface area contributed by atoms with Crippen molar-refractivity contribution >= 4 is 22.2 Å². The van der Waals surface area contributed by atoms with Crippen molar-refractivity contribution in [1.82, 2.24) is 9.78 Å². The number of para-hydroxylation sites is 1. The van der Waals surface area contributed by atoms with Crippen LogP contribution < -0.4 is 0 Å². The lowest BCUT2D eigenvalue weighted by molar-refractivity contribution is 0.112. The van der Waals surface area contributed by atoms with Crippen LogP contribution in [0.4, 0.5) is 4.39 Å². The van der Waals surface area contributed by atoms with Gasteiger partial charge < -0.3 is 4.42 Å². The number of rotatable bonds is 3. The van der Waals surface area contributed by atoms with Crippen molar-refractivity contribution in [3.05, 3.63) is 58.6 Å². The fourth-order valence-electron chi connectivity index (χ4n) is 1.87. The van der Waals surface area contributed by atoms with Gasteiger partial charge in [0.25, 0.3) is 0 Å². The van der Waals surface area contributed by atoms with Gasteiger partial charge in [-0.05, 0) is 40.2 Å². The van der Waals surface area contributed by atoms with Gasteiger partial charge in [0.1, 0.15) is 17.2 Å². The molecule has 6 heteroatoms. The maximum atomic E-state index is 13.7. The van der Waals surface area contributed by atoms with Crippen LogP contribution in [0, 0.1) is 5.82 Å². The van der Waals surface area contributed by atoms with E-state index < -0.39 is 5.82 Å². The summed E-state index contributed by atoms with van der Waals surface area (Å²) < 4.78 is 21.0. The third kappa shape index (κ3) is 2.18. The molecule has 0 aliphatic rings. The number of furan rings is 1. The zero-order valence-corrected chi connectivity index (χ0v) is 11.7. The first-order valence-corrected chi connectivity index (χ1v) is 6.54. The zero-order valence-electron chi connectivity index (χ0n) is 10.1. The lowest BCUT2D eigenvalue weighted by atomic mass is 10.2. The Balaban J connectivity index is 2.14. The van der Waals surface area contributed by atoms with E-state index in [1.54, 1.807) is 30.3 Å². The van der Waals surface area contributed by atoms with E-state index in [0.717, 1.165) is 0 Å². The van der Waals surface area contributed by atoms with Gasteiger partial charge in [0.2, 0.25) is 0 Å². The quantitative estimate of drug-likeness (QED) is 0.683. The minimum absolute atomic E-state index is 0.271. The van der Waals surface area contributed by atoms with Crippen molar-refractivity contribution in [3.63, 3.8) is 0 Å². The molecular weight excluding hydrogens is 327 g/mol. The summed E-state index contributed by atoms with van der Waals surface area (Å²) in [6.45, 7) is 0. The lowest BCUT2D eigenvalue weighted by Crippen LogP contribution is -1.97. The molecule has 0 amide bonds. The Bertz CT molecular complexity index is 779. The van der Waals surface area contributed by atoms with Gasteiger partial charge in [0.15, 0.2) is 16.7 Å². The summed E-state index contributed by atoms with van der Waals surface area (Å²) in [5.41, 5.74) is 0.969. The maximum absolute atomic E-state index is 13.7. The fraction of sp³-hybridized carbons (Fsp3) is 0. The average Bonchev–Trinajstić information content (AvgIpc) is 3.05. The summed E-state index contributed by atoms with van der Waals surface area (Å²) in [7, 11) is 0. The van der Waals surface area contributed by atoms with Crippen molar-refractivity contribution in [2.75, 3.05) is 0 Å². The topological polar surface area (TPSA) is 48.0 Å². The van der Waals surface area contributed by atoms with Crippen LogP contribution in [0.5, 0.6) is 0 Å². The monoisotopic (exact) mass is 334 g/mol. The van der Waals surface area contributed by atoms with Crippen LogP contribution in [0.1, 0.15) is 10.4 Å². The summed E-state index contributed by atoms with van der Waals surface area (Å²) in [6, 6.07) is 9.59. The van der Waals surface area contributed by atoms with Gasteiger partial charge in [-0.3, -0.25) is 4.79 Å². The van der Waals surface area contributed by atoms with Crippen LogP contribution in [-0.2, 0) is 0 Å². The first kappa shape index (κ1) is 12.8. The predicted octanol–water partition coefficient (Wildman–Crippen LogP) is 3.85. The number of benzene rings is 1. The lowest BCUT2D eigenvalue weighted by Gasteiger charge is -2.01. The van der Waals surface area contributed by atoms with E-state index in [1.165, 1.54) is 16.9 Å². The predicted molar refractivity (Wildman–Crippen MR) is 74.3 cm³/mol. The number of hydrogen-bond acceptors (Lipinski definition) is 3. The number of aldehydes is 1. The molecule has 2 aromatic heterocycles. The molecule has 2 heterocycles. The fourth-order valence-corrected chi connectivity index (χ4v) is 2.17. The second kappa shape index (κ2) is 5.05. The number of carbonyl (C=O) groups is 1. The summed E-state index contributed by atoms with van der Waals surface area (Å²) in [5, 5.41) is 4.23. The molecule has 0 unspecified atom stereocenters. The summed E-state index contributed by atoms with van der Waals surface area (Å²) in [4.78, 5) is 11.1. The molecule has 1 aromatic carbocycles. The summed E-state index contributed by atoms with van der Waals surface area (Å²) in [5.74, 6) is 0.0219. The first-order chi connectivity index (χ1) is 9.69. The smallest absolute Gasteiger partial charge is 0.169 e. The molecular formula is C14H8BrFN2O2. The molecule has 0 atom stereocenters. The van der Waals surface area contributed by atoms with Gasteiger partial charge in [0.05, 0.1) is 5.56 Å². The zero-order chi connectivity index (χ0) is 14.1. The molecule has 0 aliphatic carbocycles. The maximum Gasteiger partial charge on any atom is 0.169 e. The Morgan fingerprint density at radius 1 is 1.25 bits per heavy atom. The highest BCUT2D eigenvalue weighted by Gasteiger charge is 2.16. The minimum atomic E-state index is -0.417. The van der Waals surface area contributed by atoms with E-state index in [-0.39, 0.29) is 5.69 Å². The van der Waals surface area contributed by atoms with E-state index in [0.29, 0.717) is 28.0 Å². The standard InChI is InChI=1S/C14H8BrFN2O2/c15-13-6-5-12(20-13)14-9(8-19)7-18(17-14)11-4-2-1-3-10(11)16/h1-8H. The van der Waals surface area contributed by atoms with Crippen LogP contribution in [0.3, 0.4) is 0 Å². The normalized spacial score (nSPS) is 10.7. The molecule has 20 heavy (non-hydrogen) atoms. The van der Waals surface area contributed by atoms with Gasteiger partial charge in [0, 0.05) is 6.20 Å². The van der Waals surface area contributed by atoms with Crippen molar-refractivity contribution in [1.29, 1.82) is 0 Å². The van der Waals surface area contributed by atoms with E-state index in [9.17, 15) is 9.18 Å². The van der Waals surface area contributed by atoms with Crippen molar-refractivity contribution in [2.45, 2.75) is 0 Å². The van der Waals surface area contributed by atoms with Crippen LogP contribution in [0.25, 0.3) is 17.1 Å². The van der Waals surface area contributed by atoms with Crippen LogP contribution in [-0.4, -0.2) is 16.1 Å². The van der Waals surface area contributed by atoms with Crippen LogP contribution in [0.2, 0.25) is 0 Å². The molecule has 0 saturated carbocycles. The van der Waals surface area contributed by atoms with Crippen molar-refractivity contribution in [3.8, 4) is 17.1 Å². The SMILES string of the molecule is O=Cc1cn(-c2ccccc2F)nc1-c1ccc(Br)o1. The van der Waals surface area contributed by atoms with Crippen LogP contribution >= 0.6 is 15.9 Å². The third-order valence-electron chi connectivity index (χ3n) is 2.78.